The van der Waals surface area contributed by atoms with Crippen molar-refractivity contribution < 1.29 is 9.13 Å². The van der Waals surface area contributed by atoms with Crippen molar-refractivity contribution in [1.82, 2.24) is 15.1 Å². The van der Waals surface area contributed by atoms with Gasteiger partial charge in [-0.15, -0.1) is 10.2 Å². The number of benzene rings is 1. The van der Waals surface area contributed by atoms with Crippen molar-refractivity contribution >= 4 is 17.4 Å². The van der Waals surface area contributed by atoms with E-state index in [1.165, 1.54) is 37.6 Å². The minimum atomic E-state index is -0.403. The number of aromatic nitrogens is 2. The maximum Gasteiger partial charge on any atom is 0.167 e. The number of nitrogens with one attached hydrogen (secondary N) is 1. The van der Waals surface area contributed by atoms with Crippen LogP contribution >= 0.6 is 11.6 Å². The second kappa shape index (κ2) is 9.54. The molecule has 174 valence electrons. The lowest BCUT2D eigenvalue weighted by Gasteiger charge is -2.27. The first-order valence-corrected chi connectivity index (χ1v) is 12.2. The molecule has 6 nitrogen and oxygen atoms in total. The van der Waals surface area contributed by atoms with Crippen molar-refractivity contribution in [2.75, 3.05) is 38.2 Å². The third-order valence-electron chi connectivity index (χ3n) is 7.54. The Kier molecular flexibility index (Phi) is 6.51. The lowest BCUT2D eigenvalue weighted by Crippen LogP contribution is -2.32. The molecule has 3 fully saturated rings. The molecule has 1 saturated carbocycles. The monoisotopic (exact) mass is 469 g/mol. The number of hydrogen-bond donors (Lipinski definition) is 1. The van der Waals surface area contributed by atoms with Crippen LogP contribution in [0, 0.1) is 41.8 Å². The molecule has 0 spiro atoms. The molecule has 1 unspecified atom stereocenters. The van der Waals surface area contributed by atoms with Gasteiger partial charge in [0.1, 0.15) is 17.4 Å². The zero-order valence-corrected chi connectivity index (χ0v) is 19.6. The Morgan fingerprint density at radius 1 is 1.21 bits per heavy atom. The van der Waals surface area contributed by atoms with E-state index in [-0.39, 0.29) is 6.04 Å². The van der Waals surface area contributed by atoms with E-state index in [0.29, 0.717) is 45.1 Å². The Morgan fingerprint density at radius 3 is 2.64 bits per heavy atom. The average molecular weight is 470 g/mol. The number of nitriles is 1. The Balaban J connectivity index is 1.25. The van der Waals surface area contributed by atoms with Crippen molar-refractivity contribution in [2.45, 2.75) is 38.6 Å². The van der Waals surface area contributed by atoms with Crippen LogP contribution in [0.15, 0.2) is 18.2 Å². The summed E-state index contributed by atoms with van der Waals surface area (Å²) in [6.07, 6.45) is 4.53. The number of fused-ring (bicyclic) bond motifs is 1. The van der Waals surface area contributed by atoms with Crippen molar-refractivity contribution in [3.05, 3.63) is 40.2 Å². The van der Waals surface area contributed by atoms with E-state index >= 15 is 0 Å². The molecule has 5 rings (SSSR count). The van der Waals surface area contributed by atoms with Crippen LogP contribution in [-0.4, -0.2) is 54.0 Å². The second-order valence-corrected chi connectivity index (χ2v) is 10.1. The zero-order valence-electron chi connectivity index (χ0n) is 18.9. The molecule has 1 N–H and O–H groups in total. The first-order chi connectivity index (χ1) is 16.0. The molecule has 2 saturated heterocycles. The van der Waals surface area contributed by atoms with E-state index in [1.807, 2.05) is 6.92 Å². The predicted molar refractivity (Wildman–Crippen MR) is 125 cm³/mol. The fourth-order valence-corrected chi connectivity index (χ4v) is 6.05. The van der Waals surface area contributed by atoms with Gasteiger partial charge in [0.2, 0.25) is 0 Å². The Bertz CT molecular complexity index is 1050. The van der Waals surface area contributed by atoms with E-state index in [2.05, 4.69) is 26.5 Å². The second-order valence-electron chi connectivity index (χ2n) is 9.74. The van der Waals surface area contributed by atoms with Gasteiger partial charge in [-0.1, -0.05) is 11.6 Å². The van der Waals surface area contributed by atoms with Gasteiger partial charge in [0.25, 0.3) is 0 Å². The fraction of sp³-hybridized carbons (Fsp3) is 0.560. The minimum Gasteiger partial charge on any atom is -0.381 e. The average Bonchev–Trinajstić information content (AvgIpc) is 3.34. The van der Waals surface area contributed by atoms with Crippen molar-refractivity contribution in [2.24, 2.45) is 17.8 Å². The van der Waals surface area contributed by atoms with Crippen LogP contribution in [0.3, 0.4) is 0 Å². The van der Waals surface area contributed by atoms with Gasteiger partial charge in [-0.2, -0.15) is 5.26 Å². The van der Waals surface area contributed by atoms with Crippen molar-refractivity contribution in [3.63, 3.8) is 0 Å². The standard InChI is InChI=1S/C25H29ClFN5O/c1-15-22(11-28)25(31-30-24(15)21-10-19(27)2-3-23(21)26)29-20-8-17-13-32(14-18(17)9-20)12-16-4-6-33-7-5-16/h2-3,10,16-18,20H,4-9,12-14H2,1H3,(H,29,31)/t17-,18+,20?. The smallest absolute Gasteiger partial charge is 0.167 e. The molecule has 1 aliphatic carbocycles. The highest BCUT2D eigenvalue weighted by molar-refractivity contribution is 6.33. The molecule has 1 aromatic carbocycles. The minimum absolute atomic E-state index is 0.287. The maximum atomic E-state index is 13.8. The molecule has 0 bridgehead atoms. The van der Waals surface area contributed by atoms with Crippen LogP contribution < -0.4 is 5.32 Å². The number of likely N-dealkylation sites (tertiary alicyclic amines) is 1. The van der Waals surface area contributed by atoms with Crippen LogP contribution in [0.5, 0.6) is 0 Å². The summed E-state index contributed by atoms with van der Waals surface area (Å²) in [5.74, 6) is 2.25. The largest absolute Gasteiger partial charge is 0.381 e. The highest BCUT2D eigenvalue weighted by atomic mass is 35.5. The highest BCUT2D eigenvalue weighted by Crippen LogP contribution is 2.40. The predicted octanol–water partition coefficient (Wildman–Crippen LogP) is 4.67. The van der Waals surface area contributed by atoms with Gasteiger partial charge in [0.15, 0.2) is 5.82 Å². The van der Waals surface area contributed by atoms with E-state index in [9.17, 15) is 9.65 Å². The molecule has 3 heterocycles. The van der Waals surface area contributed by atoms with E-state index in [0.717, 1.165) is 45.1 Å². The van der Waals surface area contributed by atoms with Gasteiger partial charge in [-0.3, -0.25) is 0 Å². The van der Waals surface area contributed by atoms with Gasteiger partial charge >= 0.3 is 0 Å². The summed E-state index contributed by atoms with van der Waals surface area (Å²) in [6.45, 7) is 7.14. The number of halogens is 2. The van der Waals surface area contributed by atoms with Gasteiger partial charge in [0.05, 0.1) is 10.7 Å². The Hall–Kier alpha value is -2.27. The molecular weight excluding hydrogens is 441 g/mol. The molecule has 8 heteroatoms. The van der Waals surface area contributed by atoms with Crippen molar-refractivity contribution in [1.29, 1.82) is 5.26 Å². The number of hydrogen-bond acceptors (Lipinski definition) is 6. The molecule has 2 aliphatic heterocycles. The number of rotatable bonds is 5. The van der Waals surface area contributed by atoms with Crippen LogP contribution in [0.4, 0.5) is 10.2 Å². The van der Waals surface area contributed by atoms with Gasteiger partial charge in [-0.05, 0) is 74.1 Å². The quantitative estimate of drug-likeness (QED) is 0.686. The number of ether oxygens (including phenoxy) is 1. The van der Waals surface area contributed by atoms with Crippen LogP contribution in [-0.2, 0) is 4.74 Å². The van der Waals surface area contributed by atoms with Crippen LogP contribution in [0.25, 0.3) is 11.3 Å². The van der Waals surface area contributed by atoms with Crippen LogP contribution in [0.1, 0.15) is 36.8 Å². The molecule has 3 aliphatic rings. The highest BCUT2D eigenvalue weighted by Gasteiger charge is 2.41. The fourth-order valence-electron chi connectivity index (χ4n) is 5.85. The topological polar surface area (TPSA) is 74.1 Å². The lowest BCUT2D eigenvalue weighted by atomic mass is 10.00. The molecule has 1 aromatic heterocycles. The van der Waals surface area contributed by atoms with E-state index in [1.54, 1.807) is 0 Å². The first kappa shape index (κ1) is 22.5. The normalized spacial score (nSPS) is 25.7. The van der Waals surface area contributed by atoms with Crippen molar-refractivity contribution in [3.8, 4) is 17.3 Å². The van der Waals surface area contributed by atoms with Gasteiger partial charge in [0, 0.05) is 44.5 Å². The number of anilines is 1. The third-order valence-corrected chi connectivity index (χ3v) is 7.87. The zero-order chi connectivity index (χ0) is 22.9. The van der Waals surface area contributed by atoms with Crippen LogP contribution in [0.2, 0.25) is 5.02 Å². The molecule has 0 radical (unpaired) electrons. The molecule has 3 atom stereocenters. The molecule has 33 heavy (non-hydrogen) atoms. The Labute approximate surface area is 199 Å². The maximum absolute atomic E-state index is 13.8. The van der Waals surface area contributed by atoms with Gasteiger partial charge in [-0.25, -0.2) is 4.39 Å². The summed E-state index contributed by atoms with van der Waals surface area (Å²) < 4.78 is 19.3. The van der Waals surface area contributed by atoms with E-state index in [4.69, 9.17) is 16.3 Å². The molecule has 0 amide bonds. The first-order valence-electron chi connectivity index (χ1n) is 11.8. The summed E-state index contributed by atoms with van der Waals surface area (Å²) in [5, 5.41) is 22.4. The summed E-state index contributed by atoms with van der Waals surface area (Å²) in [4.78, 5) is 2.64. The summed E-state index contributed by atoms with van der Waals surface area (Å²) in [7, 11) is 0. The summed E-state index contributed by atoms with van der Waals surface area (Å²) in [5.41, 5.74) is 1.99. The SMILES string of the molecule is Cc1c(-c2cc(F)ccc2Cl)nnc(NC2C[C@@H]3CN(CC4CCOCC4)C[C@@H]3C2)c1C#N. The summed E-state index contributed by atoms with van der Waals surface area (Å²) in [6, 6.07) is 6.68. The lowest BCUT2D eigenvalue weighted by molar-refractivity contribution is 0.0545. The molecular formula is C25H29ClFN5O. The third kappa shape index (κ3) is 4.70. The number of nitrogens with zero attached hydrogens (tertiary/aromatic N) is 4. The summed E-state index contributed by atoms with van der Waals surface area (Å²) >= 11 is 6.26. The van der Waals surface area contributed by atoms with E-state index < -0.39 is 5.82 Å². The van der Waals surface area contributed by atoms with Gasteiger partial charge < -0.3 is 15.0 Å². The molecule has 2 aromatic rings. The Morgan fingerprint density at radius 2 is 1.94 bits per heavy atom.